The summed E-state index contributed by atoms with van der Waals surface area (Å²) >= 11 is 0. The summed E-state index contributed by atoms with van der Waals surface area (Å²) in [5.74, 6) is -0.501. The molecule has 1 aliphatic rings. The lowest BCUT2D eigenvalue weighted by atomic mass is 10.1. The van der Waals surface area contributed by atoms with Crippen LogP contribution in [0.4, 0.5) is 15.8 Å². The quantitative estimate of drug-likeness (QED) is 0.513. The number of fused-ring (bicyclic) bond motifs is 1. The van der Waals surface area contributed by atoms with Gasteiger partial charge in [-0.3, -0.25) is 14.9 Å². The lowest BCUT2D eigenvalue weighted by molar-refractivity contribution is -0.385. The monoisotopic (exact) mass is 358 g/mol. The zero-order chi connectivity index (χ0) is 18.7. The first-order valence-corrected chi connectivity index (χ1v) is 7.71. The van der Waals surface area contributed by atoms with E-state index in [1.165, 1.54) is 36.4 Å². The summed E-state index contributed by atoms with van der Waals surface area (Å²) in [6.45, 7) is 1.83. The van der Waals surface area contributed by atoms with Crippen LogP contribution in [0.3, 0.4) is 0 Å². The summed E-state index contributed by atoms with van der Waals surface area (Å²) in [6, 6.07) is 6.99. The second-order valence-corrected chi connectivity index (χ2v) is 5.62. The topological polar surface area (TPSA) is 90.7 Å². The van der Waals surface area contributed by atoms with Crippen LogP contribution >= 0.6 is 0 Å². The third kappa shape index (κ3) is 3.70. The minimum absolute atomic E-state index is 0.0541. The fourth-order valence-electron chi connectivity index (χ4n) is 2.63. The highest BCUT2D eigenvalue weighted by Crippen LogP contribution is 2.30. The number of carbonyl (C=O) groups excluding carboxylic acids is 1. The van der Waals surface area contributed by atoms with Crippen LogP contribution in [0.15, 0.2) is 36.4 Å². The minimum atomic E-state index is -0.515. The van der Waals surface area contributed by atoms with E-state index in [1.807, 2.05) is 0 Å². The zero-order valence-electron chi connectivity index (χ0n) is 13.8. The molecule has 0 atom stereocenters. The van der Waals surface area contributed by atoms with Crippen molar-refractivity contribution in [2.75, 3.05) is 12.1 Å². The van der Waals surface area contributed by atoms with Gasteiger partial charge in [-0.25, -0.2) is 4.39 Å². The van der Waals surface area contributed by atoms with Crippen LogP contribution in [0.25, 0.3) is 6.08 Å². The molecule has 1 aliphatic heterocycles. The Hall–Kier alpha value is -3.26. The van der Waals surface area contributed by atoms with Gasteiger partial charge in [0.15, 0.2) is 6.79 Å². The molecule has 1 N–H and O–H groups in total. The summed E-state index contributed by atoms with van der Waals surface area (Å²) in [5.41, 5.74) is 1.57. The van der Waals surface area contributed by atoms with Crippen LogP contribution in [0.1, 0.15) is 16.7 Å². The average molecular weight is 358 g/mol. The molecule has 0 radical (unpaired) electrons. The number of hydrogen-bond acceptors (Lipinski definition) is 5. The number of rotatable bonds is 4. The van der Waals surface area contributed by atoms with Crippen LogP contribution in [-0.4, -0.2) is 17.6 Å². The summed E-state index contributed by atoms with van der Waals surface area (Å²) in [6.07, 6.45) is 2.64. The molecule has 8 heteroatoms. The van der Waals surface area contributed by atoms with Gasteiger partial charge in [0.2, 0.25) is 5.91 Å². The first kappa shape index (κ1) is 17.6. The van der Waals surface area contributed by atoms with E-state index in [2.05, 4.69) is 5.32 Å². The van der Waals surface area contributed by atoms with Crippen molar-refractivity contribution in [2.24, 2.45) is 0 Å². The fraction of sp³-hybridized carbons (Fsp3) is 0.167. The standard InChI is InChI=1S/C18H15FN2O5/c1-11-15(3-2-4-16(11)21(23)24)20-17(22)6-5-12-7-14(19)8-13-9-25-10-26-18(12)13/h2-8H,9-10H2,1H3,(H,20,22)/b6-5+. The summed E-state index contributed by atoms with van der Waals surface area (Å²) in [4.78, 5) is 22.6. The van der Waals surface area contributed by atoms with Crippen molar-refractivity contribution in [1.82, 2.24) is 0 Å². The Morgan fingerprint density at radius 2 is 2.19 bits per heavy atom. The summed E-state index contributed by atoms with van der Waals surface area (Å²) < 4.78 is 24.2. The number of hydrogen-bond donors (Lipinski definition) is 1. The number of anilines is 1. The molecule has 7 nitrogen and oxygen atoms in total. The normalized spacial score (nSPS) is 13.2. The first-order chi connectivity index (χ1) is 12.5. The van der Waals surface area contributed by atoms with Crippen molar-refractivity contribution in [3.63, 3.8) is 0 Å². The number of benzene rings is 2. The van der Waals surface area contributed by atoms with Gasteiger partial charge in [-0.15, -0.1) is 0 Å². The number of nitro benzene ring substituents is 1. The highest BCUT2D eigenvalue weighted by Gasteiger charge is 2.16. The maximum Gasteiger partial charge on any atom is 0.274 e. The molecule has 0 unspecified atom stereocenters. The molecular weight excluding hydrogens is 343 g/mol. The van der Waals surface area contributed by atoms with Gasteiger partial charge in [0.05, 0.1) is 22.8 Å². The first-order valence-electron chi connectivity index (χ1n) is 7.71. The van der Waals surface area contributed by atoms with Crippen molar-refractivity contribution in [1.29, 1.82) is 0 Å². The van der Waals surface area contributed by atoms with Crippen molar-refractivity contribution in [3.8, 4) is 5.75 Å². The zero-order valence-corrected chi connectivity index (χ0v) is 13.8. The number of nitrogens with zero attached hydrogens (tertiary/aromatic N) is 1. The van der Waals surface area contributed by atoms with E-state index in [0.29, 0.717) is 28.1 Å². The van der Waals surface area contributed by atoms with Crippen LogP contribution in [0.2, 0.25) is 0 Å². The van der Waals surface area contributed by atoms with E-state index in [4.69, 9.17) is 9.47 Å². The van der Waals surface area contributed by atoms with E-state index < -0.39 is 16.6 Å². The van der Waals surface area contributed by atoms with Gasteiger partial charge in [0.1, 0.15) is 11.6 Å². The molecule has 3 rings (SSSR count). The van der Waals surface area contributed by atoms with E-state index >= 15 is 0 Å². The Bertz CT molecular complexity index is 911. The van der Waals surface area contributed by atoms with Crippen LogP contribution in [-0.2, 0) is 16.1 Å². The molecular formula is C18H15FN2O5. The number of ether oxygens (including phenoxy) is 2. The Kier molecular flexibility index (Phi) is 4.94. The van der Waals surface area contributed by atoms with Gasteiger partial charge < -0.3 is 14.8 Å². The van der Waals surface area contributed by atoms with E-state index in [1.54, 1.807) is 13.0 Å². The molecule has 0 spiro atoms. The lowest BCUT2D eigenvalue weighted by Gasteiger charge is -2.19. The van der Waals surface area contributed by atoms with Crippen molar-refractivity contribution >= 4 is 23.4 Å². The molecule has 0 aromatic heterocycles. The molecule has 0 saturated carbocycles. The highest BCUT2D eigenvalue weighted by atomic mass is 19.1. The molecule has 0 aliphatic carbocycles. The molecule has 1 amide bonds. The van der Waals surface area contributed by atoms with E-state index in [-0.39, 0.29) is 19.1 Å². The largest absolute Gasteiger partial charge is 0.467 e. The predicted molar refractivity (Wildman–Crippen MR) is 92.2 cm³/mol. The number of nitrogens with one attached hydrogen (secondary N) is 1. The second kappa shape index (κ2) is 7.32. The number of nitro groups is 1. The Labute approximate surface area is 148 Å². The minimum Gasteiger partial charge on any atom is -0.467 e. The average Bonchev–Trinajstić information content (AvgIpc) is 2.61. The van der Waals surface area contributed by atoms with E-state index in [0.717, 1.165) is 0 Å². The Balaban J connectivity index is 1.80. The molecule has 2 aromatic carbocycles. The van der Waals surface area contributed by atoms with Gasteiger partial charge in [-0.1, -0.05) is 6.07 Å². The third-order valence-corrected chi connectivity index (χ3v) is 3.88. The SMILES string of the molecule is Cc1c(NC(=O)/C=C/c2cc(F)cc3c2OCOC3)cccc1[N+](=O)[O-]. The van der Waals surface area contributed by atoms with Gasteiger partial charge in [-0.05, 0) is 31.2 Å². The van der Waals surface area contributed by atoms with Crippen LogP contribution in [0, 0.1) is 22.9 Å². The van der Waals surface area contributed by atoms with Crippen LogP contribution < -0.4 is 10.1 Å². The number of carbonyl (C=O) groups is 1. The molecule has 0 saturated heterocycles. The van der Waals surface area contributed by atoms with E-state index in [9.17, 15) is 19.3 Å². The van der Waals surface area contributed by atoms with Crippen molar-refractivity contribution in [3.05, 3.63) is 69.0 Å². The van der Waals surface area contributed by atoms with Gasteiger partial charge in [0.25, 0.3) is 5.69 Å². The summed E-state index contributed by atoms with van der Waals surface area (Å²) in [7, 11) is 0. The maximum absolute atomic E-state index is 13.7. The van der Waals surface area contributed by atoms with Gasteiger partial charge >= 0.3 is 0 Å². The molecule has 0 bridgehead atoms. The molecule has 0 fully saturated rings. The third-order valence-electron chi connectivity index (χ3n) is 3.88. The second-order valence-electron chi connectivity index (χ2n) is 5.62. The Morgan fingerprint density at radius 3 is 2.96 bits per heavy atom. The maximum atomic E-state index is 13.7. The highest BCUT2D eigenvalue weighted by molar-refractivity contribution is 6.02. The molecule has 134 valence electrons. The molecule has 2 aromatic rings. The van der Waals surface area contributed by atoms with Crippen molar-refractivity contribution in [2.45, 2.75) is 13.5 Å². The smallest absolute Gasteiger partial charge is 0.274 e. The van der Waals surface area contributed by atoms with Gasteiger partial charge in [-0.2, -0.15) is 0 Å². The van der Waals surface area contributed by atoms with Crippen molar-refractivity contribution < 1.29 is 23.6 Å². The lowest BCUT2D eigenvalue weighted by Crippen LogP contribution is -2.13. The Morgan fingerprint density at radius 1 is 1.38 bits per heavy atom. The fourth-order valence-corrected chi connectivity index (χ4v) is 2.63. The molecule has 26 heavy (non-hydrogen) atoms. The van der Waals surface area contributed by atoms with Gasteiger partial charge in [0, 0.05) is 23.3 Å². The number of amides is 1. The van der Waals surface area contributed by atoms with Crippen LogP contribution in [0.5, 0.6) is 5.75 Å². The number of halogens is 1. The predicted octanol–water partition coefficient (Wildman–Crippen LogP) is 3.56. The molecule has 1 heterocycles. The summed E-state index contributed by atoms with van der Waals surface area (Å²) in [5, 5.41) is 13.5.